The van der Waals surface area contributed by atoms with Gasteiger partial charge in [0.15, 0.2) is 0 Å². The molecule has 0 aliphatic heterocycles. The second kappa shape index (κ2) is 7.67. The van der Waals surface area contributed by atoms with Gasteiger partial charge >= 0.3 is 0 Å². The molecule has 0 atom stereocenters. The maximum atomic E-state index is 12.6. The van der Waals surface area contributed by atoms with Crippen LogP contribution in [-0.4, -0.2) is 36.0 Å². The Hall–Kier alpha value is -2.25. The van der Waals surface area contributed by atoms with E-state index in [1.54, 1.807) is 23.3 Å². The van der Waals surface area contributed by atoms with Crippen molar-refractivity contribution in [3.8, 4) is 0 Å². The van der Waals surface area contributed by atoms with E-state index in [1.807, 2.05) is 16.8 Å². The summed E-state index contributed by atoms with van der Waals surface area (Å²) in [6.07, 6.45) is 0. The SMILES string of the molecule is COCCN(Cc1ccsc1)C(=O)c1ccc([N+](=O)[O-])cc1. The van der Waals surface area contributed by atoms with E-state index < -0.39 is 4.92 Å². The Kier molecular flexibility index (Phi) is 5.62. The van der Waals surface area contributed by atoms with Crippen molar-refractivity contribution in [2.24, 2.45) is 0 Å². The molecule has 0 spiro atoms. The highest BCUT2D eigenvalue weighted by Crippen LogP contribution is 2.16. The fourth-order valence-electron chi connectivity index (χ4n) is 1.97. The van der Waals surface area contributed by atoms with Gasteiger partial charge in [-0.1, -0.05) is 0 Å². The molecule has 1 amide bonds. The van der Waals surface area contributed by atoms with E-state index in [2.05, 4.69) is 0 Å². The number of amides is 1. The number of carbonyl (C=O) groups is 1. The number of benzene rings is 1. The second-order valence-corrected chi connectivity index (χ2v) is 5.44. The van der Waals surface area contributed by atoms with Gasteiger partial charge in [-0.25, -0.2) is 0 Å². The van der Waals surface area contributed by atoms with E-state index in [0.29, 0.717) is 25.3 Å². The Labute approximate surface area is 132 Å². The van der Waals surface area contributed by atoms with Crippen LogP contribution in [0.25, 0.3) is 0 Å². The minimum atomic E-state index is -0.484. The monoisotopic (exact) mass is 320 g/mol. The summed E-state index contributed by atoms with van der Waals surface area (Å²) in [6.45, 7) is 1.38. The second-order valence-electron chi connectivity index (χ2n) is 4.66. The van der Waals surface area contributed by atoms with Gasteiger partial charge in [0, 0.05) is 37.9 Å². The molecular weight excluding hydrogens is 304 g/mol. The molecule has 0 fully saturated rings. The Morgan fingerprint density at radius 3 is 2.59 bits per heavy atom. The van der Waals surface area contributed by atoms with Crippen LogP contribution in [0.15, 0.2) is 41.1 Å². The van der Waals surface area contributed by atoms with Crippen LogP contribution >= 0.6 is 11.3 Å². The molecule has 1 aromatic heterocycles. The average Bonchev–Trinajstić information content (AvgIpc) is 3.04. The first-order valence-electron chi connectivity index (χ1n) is 6.65. The van der Waals surface area contributed by atoms with Crippen LogP contribution in [0.2, 0.25) is 0 Å². The maximum Gasteiger partial charge on any atom is 0.269 e. The van der Waals surface area contributed by atoms with Crippen molar-refractivity contribution in [3.63, 3.8) is 0 Å². The van der Waals surface area contributed by atoms with Gasteiger partial charge < -0.3 is 9.64 Å². The van der Waals surface area contributed by atoms with Crippen molar-refractivity contribution >= 4 is 22.9 Å². The number of hydrogen-bond donors (Lipinski definition) is 0. The third-order valence-electron chi connectivity index (χ3n) is 3.13. The predicted octanol–water partition coefficient (Wildman–Crippen LogP) is 2.95. The first kappa shape index (κ1) is 16.1. The van der Waals surface area contributed by atoms with Crippen molar-refractivity contribution in [2.45, 2.75) is 6.54 Å². The molecule has 2 rings (SSSR count). The van der Waals surface area contributed by atoms with E-state index in [4.69, 9.17) is 4.74 Å². The molecule has 22 heavy (non-hydrogen) atoms. The molecule has 116 valence electrons. The number of hydrogen-bond acceptors (Lipinski definition) is 5. The molecule has 0 N–H and O–H groups in total. The molecule has 0 unspecified atom stereocenters. The minimum absolute atomic E-state index is 0.0298. The molecular formula is C15H16N2O4S. The zero-order valence-electron chi connectivity index (χ0n) is 12.1. The Bertz CT molecular complexity index is 626. The van der Waals surface area contributed by atoms with Gasteiger partial charge in [0.05, 0.1) is 11.5 Å². The average molecular weight is 320 g/mol. The highest BCUT2D eigenvalue weighted by molar-refractivity contribution is 7.07. The van der Waals surface area contributed by atoms with Crippen molar-refractivity contribution < 1.29 is 14.5 Å². The third-order valence-corrected chi connectivity index (χ3v) is 3.86. The lowest BCUT2D eigenvalue weighted by Crippen LogP contribution is -2.33. The van der Waals surface area contributed by atoms with Gasteiger partial charge in [0.2, 0.25) is 0 Å². The molecule has 7 heteroatoms. The van der Waals surface area contributed by atoms with Gasteiger partial charge in [-0.15, -0.1) is 0 Å². The number of ether oxygens (including phenoxy) is 1. The van der Waals surface area contributed by atoms with Gasteiger partial charge in [0.25, 0.3) is 11.6 Å². The molecule has 6 nitrogen and oxygen atoms in total. The summed E-state index contributed by atoms with van der Waals surface area (Å²) in [4.78, 5) is 24.4. The summed E-state index contributed by atoms with van der Waals surface area (Å²) in [5, 5.41) is 14.6. The summed E-state index contributed by atoms with van der Waals surface area (Å²) in [5.74, 6) is -0.168. The number of nitrogens with zero attached hydrogens (tertiary/aromatic N) is 2. The molecule has 2 aromatic rings. The fourth-order valence-corrected chi connectivity index (χ4v) is 2.63. The smallest absolute Gasteiger partial charge is 0.269 e. The largest absolute Gasteiger partial charge is 0.383 e. The van der Waals surface area contributed by atoms with Crippen LogP contribution in [0.4, 0.5) is 5.69 Å². The van der Waals surface area contributed by atoms with E-state index in [-0.39, 0.29) is 11.6 Å². The molecule has 0 aliphatic carbocycles. The standard InChI is InChI=1S/C15H16N2O4S/c1-21-8-7-16(10-12-6-9-22-11-12)15(18)13-2-4-14(5-3-13)17(19)20/h2-6,9,11H,7-8,10H2,1H3. The van der Waals surface area contributed by atoms with Gasteiger partial charge in [-0.05, 0) is 34.5 Å². The topological polar surface area (TPSA) is 72.7 Å². The molecule has 0 saturated carbocycles. The van der Waals surface area contributed by atoms with Crippen LogP contribution in [0, 0.1) is 10.1 Å². The van der Waals surface area contributed by atoms with Crippen molar-refractivity contribution in [3.05, 3.63) is 62.3 Å². The van der Waals surface area contributed by atoms with Gasteiger partial charge in [-0.3, -0.25) is 14.9 Å². The summed E-state index contributed by atoms with van der Waals surface area (Å²) in [6, 6.07) is 7.61. The lowest BCUT2D eigenvalue weighted by atomic mass is 10.1. The first-order valence-corrected chi connectivity index (χ1v) is 7.60. The van der Waals surface area contributed by atoms with Gasteiger partial charge in [-0.2, -0.15) is 11.3 Å². The van der Waals surface area contributed by atoms with Crippen LogP contribution < -0.4 is 0 Å². The van der Waals surface area contributed by atoms with Crippen LogP contribution in [0.5, 0.6) is 0 Å². The summed E-state index contributed by atoms with van der Waals surface area (Å²) in [7, 11) is 1.58. The first-order chi connectivity index (χ1) is 10.6. The third kappa shape index (κ3) is 4.12. The molecule has 0 bridgehead atoms. The van der Waals surface area contributed by atoms with Crippen molar-refractivity contribution in [1.29, 1.82) is 0 Å². The molecule has 0 radical (unpaired) electrons. The fraction of sp³-hybridized carbons (Fsp3) is 0.267. The lowest BCUT2D eigenvalue weighted by molar-refractivity contribution is -0.384. The molecule has 1 aromatic carbocycles. The summed E-state index contributed by atoms with van der Waals surface area (Å²) < 4.78 is 5.05. The number of nitro benzene ring substituents is 1. The predicted molar refractivity (Wildman–Crippen MR) is 84.0 cm³/mol. The van der Waals surface area contributed by atoms with Crippen LogP contribution in [-0.2, 0) is 11.3 Å². The van der Waals surface area contributed by atoms with E-state index >= 15 is 0 Å². The van der Waals surface area contributed by atoms with Gasteiger partial charge in [0.1, 0.15) is 0 Å². The Morgan fingerprint density at radius 1 is 1.32 bits per heavy atom. The van der Waals surface area contributed by atoms with Crippen LogP contribution in [0.3, 0.4) is 0 Å². The lowest BCUT2D eigenvalue weighted by Gasteiger charge is -2.22. The summed E-state index contributed by atoms with van der Waals surface area (Å²) in [5.41, 5.74) is 1.45. The Balaban J connectivity index is 2.14. The van der Waals surface area contributed by atoms with Crippen molar-refractivity contribution in [1.82, 2.24) is 4.90 Å². The molecule has 0 saturated heterocycles. The zero-order valence-corrected chi connectivity index (χ0v) is 12.9. The highest BCUT2D eigenvalue weighted by atomic mass is 32.1. The van der Waals surface area contributed by atoms with E-state index in [1.165, 1.54) is 24.3 Å². The number of rotatable bonds is 7. The van der Waals surface area contributed by atoms with E-state index in [9.17, 15) is 14.9 Å². The normalized spacial score (nSPS) is 10.4. The molecule has 0 aliphatic rings. The Morgan fingerprint density at radius 2 is 2.05 bits per heavy atom. The van der Waals surface area contributed by atoms with Crippen molar-refractivity contribution in [2.75, 3.05) is 20.3 Å². The zero-order chi connectivity index (χ0) is 15.9. The number of non-ortho nitro benzene ring substituents is 1. The van der Waals surface area contributed by atoms with Crippen LogP contribution in [0.1, 0.15) is 15.9 Å². The number of nitro groups is 1. The highest BCUT2D eigenvalue weighted by Gasteiger charge is 2.17. The van der Waals surface area contributed by atoms with E-state index in [0.717, 1.165) is 5.56 Å². The summed E-state index contributed by atoms with van der Waals surface area (Å²) >= 11 is 1.57. The minimum Gasteiger partial charge on any atom is -0.383 e. The number of carbonyl (C=O) groups excluding carboxylic acids is 1. The number of thiophene rings is 1. The molecule has 1 heterocycles. The maximum absolute atomic E-state index is 12.6. The number of methoxy groups -OCH3 is 1. The quantitative estimate of drug-likeness (QED) is 0.581.